The van der Waals surface area contributed by atoms with Crippen LogP contribution in [0.15, 0.2) is 0 Å². The van der Waals surface area contributed by atoms with Crippen molar-refractivity contribution in [2.24, 2.45) is 5.92 Å². The molecule has 90 valence electrons. The highest BCUT2D eigenvalue weighted by Crippen LogP contribution is 2.19. The summed E-state index contributed by atoms with van der Waals surface area (Å²) in [6.45, 7) is 4.08. The molecule has 0 aromatic heterocycles. The van der Waals surface area contributed by atoms with Gasteiger partial charge in [0, 0.05) is 19.0 Å². The topological polar surface area (TPSA) is 29.5 Å². The molecule has 0 N–H and O–H groups in total. The number of nitrogens with zero attached hydrogens (tertiary/aromatic N) is 1. The normalized spacial score (nSPS) is 18.1. The Bertz CT molecular complexity index is 312. The maximum Gasteiger partial charge on any atom is 0.370 e. The molecular formula is C11H15F2NO2. The molecule has 1 aliphatic heterocycles. The van der Waals surface area contributed by atoms with E-state index in [2.05, 4.69) is 0 Å². The molecule has 5 heteroatoms. The maximum absolute atomic E-state index is 13.5. The Kier molecular flexibility index (Phi) is 4.39. The van der Waals surface area contributed by atoms with Gasteiger partial charge in [0.2, 0.25) is 5.78 Å². The first-order chi connectivity index (χ1) is 7.43. The first-order valence-corrected chi connectivity index (χ1v) is 5.21. The van der Waals surface area contributed by atoms with Crippen LogP contribution in [0.1, 0.15) is 13.8 Å². The Morgan fingerprint density at radius 1 is 1.38 bits per heavy atom. The van der Waals surface area contributed by atoms with Gasteiger partial charge in [-0.05, 0) is 11.8 Å². The van der Waals surface area contributed by atoms with Crippen molar-refractivity contribution in [2.75, 3.05) is 26.3 Å². The zero-order valence-corrected chi connectivity index (χ0v) is 9.43. The van der Waals surface area contributed by atoms with Crippen LogP contribution in [0.5, 0.6) is 0 Å². The van der Waals surface area contributed by atoms with E-state index in [1.807, 2.05) is 5.92 Å². The lowest BCUT2D eigenvalue weighted by molar-refractivity contribution is -0.130. The van der Waals surface area contributed by atoms with Crippen molar-refractivity contribution in [2.45, 2.75) is 19.9 Å². The van der Waals surface area contributed by atoms with Crippen molar-refractivity contribution in [3.63, 3.8) is 0 Å². The minimum atomic E-state index is -3.24. The van der Waals surface area contributed by atoms with Gasteiger partial charge in [0.1, 0.15) is 0 Å². The summed E-state index contributed by atoms with van der Waals surface area (Å²) >= 11 is 0. The van der Waals surface area contributed by atoms with Gasteiger partial charge in [-0.1, -0.05) is 13.8 Å². The number of rotatable bonds is 2. The van der Waals surface area contributed by atoms with Crippen molar-refractivity contribution in [1.82, 2.24) is 4.90 Å². The van der Waals surface area contributed by atoms with E-state index < -0.39 is 11.8 Å². The Balaban J connectivity index is 2.65. The molecule has 0 aromatic carbocycles. The summed E-state index contributed by atoms with van der Waals surface area (Å²) in [5.41, 5.74) is 0. The Morgan fingerprint density at radius 3 is 2.44 bits per heavy atom. The fraction of sp³-hybridized carbons (Fsp3) is 0.727. The molecule has 0 atom stereocenters. The van der Waals surface area contributed by atoms with Gasteiger partial charge in [-0.3, -0.25) is 4.79 Å². The fourth-order valence-electron chi connectivity index (χ4n) is 1.20. The maximum atomic E-state index is 13.5. The molecule has 0 bridgehead atoms. The summed E-state index contributed by atoms with van der Waals surface area (Å²) in [5, 5.41) is 0. The van der Waals surface area contributed by atoms with Gasteiger partial charge in [0.15, 0.2) is 0 Å². The molecule has 0 saturated carbocycles. The van der Waals surface area contributed by atoms with E-state index in [-0.39, 0.29) is 32.2 Å². The fourth-order valence-corrected chi connectivity index (χ4v) is 1.20. The third kappa shape index (κ3) is 3.54. The summed E-state index contributed by atoms with van der Waals surface area (Å²) in [6.07, 6.45) is 0. The molecule has 1 heterocycles. The van der Waals surface area contributed by atoms with E-state index >= 15 is 0 Å². The summed E-state index contributed by atoms with van der Waals surface area (Å²) in [6, 6.07) is -3.24. The Hall–Kier alpha value is -0.990. The standard InChI is InChI=1S/C11H15F2NO2/c1-9(2)10(15)3-4-11(12,13)14-5-7-16-8-6-14/h9H,5-8H2,1-2H3. The summed E-state index contributed by atoms with van der Waals surface area (Å²) in [5.74, 6) is 2.94. The van der Waals surface area contributed by atoms with Gasteiger partial charge in [0.05, 0.1) is 13.2 Å². The van der Waals surface area contributed by atoms with Crippen LogP contribution in [0.2, 0.25) is 0 Å². The van der Waals surface area contributed by atoms with E-state index in [1.165, 1.54) is 0 Å². The number of hydrogen-bond acceptors (Lipinski definition) is 3. The van der Waals surface area contributed by atoms with E-state index in [4.69, 9.17) is 4.74 Å². The van der Waals surface area contributed by atoms with E-state index in [0.717, 1.165) is 4.90 Å². The second kappa shape index (κ2) is 5.37. The van der Waals surface area contributed by atoms with Crippen LogP contribution < -0.4 is 0 Å². The minimum absolute atomic E-state index is 0.136. The third-order valence-corrected chi connectivity index (χ3v) is 2.27. The SMILES string of the molecule is CC(C)C(=O)C#CC(F)(F)N1CCOCC1. The molecule has 0 radical (unpaired) electrons. The van der Waals surface area contributed by atoms with E-state index in [0.29, 0.717) is 0 Å². The first-order valence-electron chi connectivity index (χ1n) is 5.21. The van der Waals surface area contributed by atoms with Crippen LogP contribution in [0.4, 0.5) is 8.78 Å². The van der Waals surface area contributed by atoms with Crippen LogP contribution in [-0.4, -0.2) is 43.0 Å². The largest absolute Gasteiger partial charge is 0.379 e. The first kappa shape index (κ1) is 13.1. The van der Waals surface area contributed by atoms with Crippen LogP contribution in [-0.2, 0) is 9.53 Å². The number of alkyl halides is 2. The molecule has 3 nitrogen and oxygen atoms in total. The molecule has 1 rings (SSSR count). The zero-order chi connectivity index (χ0) is 12.2. The lowest BCUT2D eigenvalue weighted by atomic mass is 10.1. The highest BCUT2D eigenvalue weighted by Gasteiger charge is 2.36. The van der Waals surface area contributed by atoms with Gasteiger partial charge < -0.3 is 4.74 Å². The highest BCUT2D eigenvalue weighted by molar-refractivity contribution is 5.96. The summed E-state index contributed by atoms with van der Waals surface area (Å²) in [4.78, 5) is 12.0. The summed E-state index contributed by atoms with van der Waals surface area (Å²) in [7, 11) is 0. The second-order valence-electron chi connectivity index (χ2n) is 3.91. The van der Waals surface area contributed by atoms with E-state index in [1.54, 1.807) is 19.8 Å². The summed E-state index contributed by atoms with van der Waals surface area (Å²) < 4.78 is 31.9. The number of ether oxygens (including phenoxy) is 1. The van der Waals surface area contributed by atoms with Crippen LogP contribution in [0.25, 0.3) is 0 Å². The van der Waals surface area contributed by atoms with Crippen LogP contribution in [0, 0.1) is 17.8 Å². The van der Waals surface area contributed by atoms with Crippen molar-refractivity contribution in [3.05, 3.63) is 0 Å². The smallest absolute Gasteiger partial charge is 0.370 e. The minimum Gasteiger partial charge on any atom is -0.379 e. The number of halogens is 2. The molecular weight excluding hydrogens is 216 g/mol. The van der Waals surface area contributed by atoms with Crippen LogP contribution >= 0.6 is 0 Å². The van der Waals surface area contributed by atoms with Gasteiger partial charge in [-0.25, -0.2) is 4.90 Å². The van der Waals surface area contributed by atoms with Gasteiger partial charge in [-0.2, -0.15) is 8.78 Å². The lowest BCUT2D eigenvalue weighted by Crippen LogP contribution is -2.47. The van der Waals surface area contributed by atoms with Gasteiger partial charge in [-0.15, -0.1) is 0 Å². The second-order valence-corrected chi connectivity index (χ2v) is 3.91. The molecule has 0 unspecified atom stereocenters. The number of ketones is 1. The molecule has 1 aliphatic rings. The molecule has 0 aromatic rings. The van der Waals surface area contributed by atoms with Crippen molar-refractivity contribution in [1.29, 1.82) is 0 Å². The Morgan fingerprint density at radius 2 is 1.94 bits per heavy atom. The predicted molar refractivity (Wildman–Crippen MR) is 55.0 cm³/mol. The number of Topliss-reactive ketones (excluding diaryl/α,β-unsaturated/α-hetero) is 1. The van der Waals surface area contributed by atoms with Crippen molar-refractivity contribution in [3.8, 4) is 11.8 Å². The average molecular weight is 231 g/mol. The predicted octanol–water partition coefficient (Wildman–Crippen LogP) is 1.14. The Labute approximate surface area is 93.7 Å². The molecule has 16 heavy (non-hydrogen) atoms. The monoisotopic (exact) mass is 231 g/mol. The molecule has 0 aliphatic carbocycles. The molecule has 1 fully saturated rings. The van der Waals surface area contributed by atoms with Crippen molar-refractivity contribution >= 4 is 5.78 Å². The quantitative estimate of drug-likeness (QED) is 0.405. The van der Waals surface area contributed by atoms with E-state index in [9.17, 15) is 13.6 Å². The average Bonchev–Trinajstić information content (AvgIpc) is 2.27. The van der Waals surface area contributed by atoms with Crippen LogP contribution in [0.3, 0.4) is 0 Å². The van der Waals surface area contributed by atoms with Gasteiger partial charge in [0.25, 0.3) is 0 Å². The number of carbonyl (C=O) groups excluding carboxylic acids is 1. The lowest BCUT2D eigenvalue weighted by Gasteiger charge is -2.30. The molecule has 0 spiro atoms. The number of carbonyl (C=O) groups is 1. The zero-order valence-electron chi connectivity index (χ0n) is 9.43. The van der Waals surface area contributed by atoms with Gasteiger partial charge >= 0.3 is 6.05 Å². The number of morpholine rings is 1. The highest BCUT2D eigenvalue weighted by atomic mass is 19.3. The molecule has 0 amide bonds. The third-order valence-electron chi connectivity index (χ3n) is 2.27. The molecule has 1 saturated heterocycles. The number of hydrogen-bond donors (Lipinski definition) is 0. The van der Waals surface area contributed by atoms with Crippen molar-refractivity contribution < 1.29 is 18.3 Å².